The summed E-state index contributed by atoms with van der Waals surface area (Å²) < 4.78 is 0.886. The standard InChI is InChI=1S/C16H19IN2O2/c1-16(8-5-9-18)14(10-17)11-19(15(16)20)21-12-13-6-3-2-4-7-13/h2-4,6-7,14H,5,8,10-12H2,1H3/t14-,16-/m0/s1. The van der Waals surface area contributed by atoms with Crippen LogP contribution in [0.15, 0.2) is 30.3 Å². The summed E-state index contributed by atoms with van der Waals surface area (Å²) >= 11 is 2.31. The number of hydrogen-bond donors (Lipinski definition) is 0. The van der Waals surface area contributed by atoms with E-state index in [2.05, 4.69) is 28.7 Å². The van der Waals surface area contributed by atoms with Gasteiger partial charge in [0.2, 0.25) is 0 Å². The second kappa shape index (κ2) is 7.23. The minimum atomic E-state index is -0.479. The maximum absolute atomic E-state index is 12.6. The van der Waals surface area contributed by atoms with Crippen molar-refractivity contribution in [3.8, 4) is 6.07 Å². The van der Waals surface area contributed by atoms with E-state index >= 15 is 0 Å². The number of amides is 1. The van der Waals surface area contributed by atoms with E-state index in [1.54, 1.807) is 0 Å². The van der Waals surface area contributed by atoms with E-state index < -0.39 is 5.41 Å². The predicted octanol–water partition coefficient (Wildman–Crippen LogP) is 3.32. The molecule has 2 rings (SSSR count). The Labute approximate surface area is 139 Å². The van der Waals surface area contributed by atoms with Gasteiger partial charge in [0, 0.05) is 16.8 Å². The van der Waals surface area contributed by atoms with E-state index in [9.17, 15) is 4.79 Å². The lowest BCUT2D eigenvalue weighted by molar-refractivity contribution is -0.187. The van der Waals surface area contributed by atoms with Gasteiger partial charge in [-0.05, 0) is 12.0 Å². The Bertz CT molecular complexity index is 529. The first kappa shape index (κ1) is 16.2. The van der Waals surface area contributed by atoms with Crippen molar-refractivity contribution in [3.63, 3.8) is 0 Å². The number of alkyl halides is 1. The van der Waals surface area contributed by atoms with Gasteiger partial charge in [0.15, 0.2) is 0 Å². The molecule has 0 N–H and O–H groups in total. The maximum atomic E-state index is 12.6. The maximum Gasteiger partial charge on any atom is 0.252 e. The number of nitriles is 1. The molecule has 2 atom stereocenters. The van der Waals surface area contributed by atoms with Gasteiger partial charge < -0.3 is 0 Å². The molecule has 0 spiro atoms. The predicted molar refractivity (Wildman–Crippen MR) is 88.3 cm³/mol. The van der Waals surface area contributed by atoms with Gasteiger partial charge in [-0.3, -0.25) is 9.63 Å². The molecule has 0 aliphatic carbocycles. The molecule has 0 bridgehead atoms. The molecular weight excluding hydrogens is 379 g/mol. The fourth-order valence-corrected chi connectivity index (χ4v) is 3.88. The third-order valence-corrected chi connectivity index (χ3v) is 5.24. The Kier molecular flexibility index (Phi) is 5.59. The Hall–Kier alpha value is -1.13. The van der Waals surface area contributed by atoms with Crippen molar-refractivity contribution >= 4 is 28.5 Å². The molecule has 1 aliphatic heterocycles. The molecule has 1 heterocycles. The molecule has 1 fully saturated rings. The average Bonchev–Trinajstić information content (AvgIpc) is 2.76. The van der Waals surface area contributed by atoms with Crippen LogP contribution in [0.1, 0.15) is 25.3 Å². The third-order valence-electron chi connectivity index (χ3n) is 4.17. The van der Waals surface area contributed by atoms with E-state index in [0.29, 0.717) is 26.0 Å². The average molecular weight is 398 g/mol. The highest BCUT2D eigenvalue weighted by Crippen LogP contribution is 2.42. The normalized spacial score (nSPS) is 25.1. The van der Waals surface area contributed by atoms with Crippen molar-refractivity contribution in [2.75, 3.05) is 11.0 Å². The van der Waals surface area contributed by atoms with Gasteiger partial charge >= 0.3 is 0 Å². The van der Waals surface area contributed by atoms with Gasteiger partial charge in [-0.1, -0.05) is 59.8 Å². The largest absolute Gasteiger partial charge is 0.272 e. The van der Waals surface area contributed by atoms with Gasteiger partial charge in [0.1, 0.15) is 6.61 Å². The van der Waals surface area contributed by atoms with Crippen molar-refractivity contribution in [1.29, 1.82) is 5.26 Å². The van der Waals surface area contributed by atoms with E-state index in [0.717, 1.165) is 9.99 Å². The minimum Gasteiger partial charge on any atom is -0.272 e. The number of halogens is 1. The number of benzene rings is 1. The van der Waals surface area contributed by atoms with Crippen LogP contribution in [0.3, 0.4) is 0 Å². The molecular formula is C16H19IN2O2. The lowest BCUT2D eigenvalue weighted by Crippen LogP contribution is -2.34. The highest BCUT2D eigenvalue weighted by molar-refractivity contribution is 14.1. The molecule has 1 aromatic carbocycles. The first-order chi connectivity index (χ1) is 10.1. The summed E-state index contributed by atoms with van der Waals surface area (Å²) in [5, 5.41) is 10.3. The molecule has 0 saturated carbocycles. The smallest absolute Gasteiger partial charge is 0.252 e. The number of carbonyl (C=O) groups is 1. The molecule has 1 amide bonds. The zero-order chi connectivity index (χ0) is 15.3. The van der Waals surface area contributed by atoms with E-state index in [1.807, 2.05) is 37.3 Å². The Morgan fingerprint density at radius 2 is 2.19 bits per heavy atom. The van der Waals surface area contributed by atoms with Gasteiger partial charge in [-0.15, -0.1) is 0 Å². The summed E-state index contributed by atoms with van der Waals surface area (Å²) in [4.78, 5) is 18.3. The fourth-order valence-electron chi connectivity index (χ4n) is 2.63. The van der Waals surface area contributed by atoms with Crippen LogP contribution in [0.4, 0.5) is 0 Å². The number of hydroxylamine groups is 2. The Morgan fingerprint density at radius 3 is 2.81 bits per heavy atom. The number of hydrogen-bond acceptors (Lipinski definition) is 3. The summed E-state index contributed by atoms with van der Waals surface area (Å²) in [6.45, 7) is 2.97. The molecule has 0 unspecified atom stereocenters. The second-order valence-corrected chi connectivity index (χ2v) is 6.43. The zero-order valence-corrected chi connectivity index (χ0v) is 14.2. The summed E-state index contributed by atoms with van der Waals surface area (Å²) in [5.41, 5.74) is 0.565. The van der Waals surface area contributed by atoms with Gasteiger partial charge in [-0.25, -0.2) is 5.06 Å². The first-order valence-corrected chi connectivity index (χ1v) is 8.56. The quantitative estimate of drug-likeness (QED) is 0.546. The van der Waals surface area contributed by atoms with E-state index in [4.69, 9.17) is 10.1 Å². The van der Waals surface area contributed by atoms with Crippen LogP contribution >= 0.6 is 22.6 Å². The summed E-state index contributed by atoms with van der Waals surface area (Å²) in [6, 6.07) is 12.0. The van der Waals surface area contributed by atoms with Crippen LogP contribution < -0.4 is 0 Å². The number of carbonyl (C=O) groups excluding carboxylic acids is 1. The molecule has 4 nitrogen and oxygen atoms in total. The van der Waals surface area contributed by atoms with Crippen molar-refractivity contribution < 1.29 is 9.63 Å². The minimum absolute atomic E-state index is 0.00958. The SMILES string of the molecule is C[C@@]1(CCC#N)C(=O)N(OCc2ccccc2)C[C@@H]1CI. The molecule has 21 heavy (non-hydrogen) atoms. The number of rotatable bonds is 6. The zero-order valence-electron chi connectivity index (χ0n) is 12.1. The van der Waals surface area contributed by atoms with Crippen molar-refractivity contribution in [2.45, 2.75) is 26.4 Å². The fraction of sp³-hybridized carbons (Fsp3) is 0.500. The van der Waals surface area contributed by atoms with Gasteiger partial charge in [0.25, 0.3) is 5.91 Å². The second-order valence-electron chi connectivity index (χ2n) is 5.55. The van der Waals surface area contributed by atoms with Gasteiger partial charge in [0.05, 0.1) is 18.0 Å². The van der Waals surface area contributed by atoms with Gasteiger partial charge in [-0.2, -0.15) is 5.26 Å². The third kappa shape index (κ3) is 3.55. The van der Waals surface area contributed by atoms with Crippen LogP contribution in [0, 0.1) is 22.7 Å². The highest BCUT2D eigenvalue weighted by Gasteiger charge is 2.50. The molecule has 0 aromatic heterocycles. The first-order valence-electron chi connectivity index (χ1n) is 7.03. The molecule has 5 heteroatoms. The summed E-state index contributed by atoms with van der Waals surface area (Å²) in [7, 11) is 0. The van der Waals surface area contributed by atoms with Crippen LogP contribution in [0.25, 0.3) is 0 Å². The van der Waals surface area contributed by atoms with Crippen molar-refractivity contribution in [2.24, 2.45) is 11.3 Å². The van der Waals surface area contributed by atoms with Crippen LogP contribution in [0.2, 0.25) is 0 Å². The van der Waals surface area contributed by atoms with Crippen molar-refractivity contribution in [1.82, 2.24) is 5.06 Å². The summed E-state index contributed by atoms with van der Waals surface area (Å²) in [6.07, 6.45) is 1.00. The van der Waals surface area contributed by atoms with Crippen LogP contribution in [-0.2, 0) is 16.2 Å². The van der Waals surface area contributed by atoms with Crippen LogP contribution in [0.5, 0.6) is 0 Å². The molecule has 112 valence electrons. The molecule has 1 aromatic rings. The summed E-state index contributed by atoms with van der Waals surface area (Å²) in [5.74, 6) is 0.241. The highest BCUT2D eigenvalue weighted by atomic mass is 127. The monoisotopic (exact) mass is 398 g/mol. The lowest BCUT2D eigenvalue weighted by atomic mass is 9.77. The molecule has 1 saturated heterocycles. The molecule has 0 radical (unpaired) electrons. The van der Waals surface area contributed by atoms with E-state index in [1.165, 1.54) is 5.06 Å². The Balaban J connectivity index is 2.02. The van der Waals surface area contributed by atoms with Crippen LogP contribution in [-0.4, -0.2) is 21.9 Å². The number of nitrogens with zero attached hydrogens (tertiary/aromatic N) is 2. The Morgan fingerprint density at radius 1 is 1.48 bits per heavy atom. The van der Waals surface area contributed by atoms with E-state index in [-0.39, 0.29) is 11.8 Å². The lowest BCUT2D eigenvalue weighted by Gasteiger charge is -2.26. The van der Waals surface area contributed by atoms with Crippen molar-refractivity contribution in [3.05, 3.63) is 35.9 Å². The topological polar surface area (TPSA) is 53.3 Å². The molecule has 1 aliphatic rings.